The second-order valence-electron chi connectivity index (χ2n) is 8.94. The Morgan fingerprint density at radius 2 is 1.64 bits per heavy atom. The second-order valence-corrected chi connectivity index (χ2v) is 8.94. The summed E-state index contributed by atoms with van der Waals surface area (Å²) >= 11 is 0. The maximum Gasteiger partial charge on any atom is 0.322 e. The first-order chi connectivity index (χ1) is 18.7. The molecule has 6 nitrogen and oxygen atoms in total. The molecule has 5 rings (SSSR count). The first-order valence-electron chi connectivity index (χ1n) is 12.1. The van der Waals surface area contributed by atoms with Gasteiger partial charge >= 0.3 is 5.97 Å². The molecule has 1 fully saturated rings. The Kier molecular flexibility index (Phi) is 8.43. The molecule has 0 saturated heterocycles. The van der Waals surface area contributed by atoms with Gasteiger partial charge in [-0.2, -0.15) is 0 Å². The first-order valence-corrected chi connectivity index (χ1v) is 12.1. The van der Waals surface area contributed by atoms with Crippen LogP contribution in [-0.4, -0.2) is 34.6 Å². The van der Waals surface area contributed by atoms with Crippen LogP contribution in [-0.2, 0) is 4.79 Å². The van der Waals surface area contributed by atoms with Crippen LogP contribution in [0.3, 0.4) is 0 Å². The zero-order valence-corrected chi connectivity index (χ0v) is 20.8. The number of carbonyl (C=O) groups is 2. The van der Waals surface area contributed by atoms with Crippen molar-refractivity contribution in [2.75, 3.05) is 6.54 Å². The van der Waals surface area contributed by atoms with E-state index in [2.05, 4.69) is 4.98 Å². The van der Waals surface area contributed by atoms with Gasteiger partial charge in [-0.1, -0.05) is 24.3 Å². The summed E-state index contributed by atoms with van der Waals surface area (Å²) in [5.41, 5.74) is 2.38. The van der Waals surface area contributed by atoms with Crippen molar-refractivity contribution < 1.29 is 37.0 Å². The number of carboxylic acid groups (broad SMARTS) is 1. The van der Waals surface area contributed by atoms with Crippen LogP contribution < -0.4 is 10.1 Å². The molecule has 1 amide bonds. The first kappa shape index (κ1) is 27.6. The number of rotatable bonds is 6. The number of fused-ring (bicyclic) bond motifs is 1. The van der Waals surface area contributed by atoms with E-state index in [9.17, 15) is 27.2 Å². The van der Waals surface area contributed by atoms with E-state index < -0.39 is 47.3 Å². The third-order valence-corrected chi connectivity index (χ3v) is 6.24. The summed E-state index contributed by atoms with van der Waals surface area (Å²) in [5, 5.41) is 11.1. The molecule has 1 saturated carbocycles. The Bertz CT molecular complexity index is 1520. The highest BCUT2D eigenvalue weighted by atomic mass is 19.2. The number of carbonyl (C=O) groups excluding carboxylic acids is 1. The molecule has 4 aromatic rings. The van der Waals surface area contributed by atoms with Crippen molar-refractivity contribution in [3.05, 3.63) is 95.2 Å². The van der Waals surface area contributed by atoms with Gasteiger partial charge in [-0.05, 0) is 56.0 Å². The summed E-state index contributed by atoms with van der Waals surface area (Å²) < 4.78 is 59.5. The van der Waals surface area contributed by atoms with Crippen LogP contribution in [0.1, 0.15) is 35.2 Å². The minimum Gasteiger partial charge on any atom is -0.490 e. The quantitative estimate of drug-likeness (QED) is 0.285. The number of aromatic nitrogens is 1. The van der Waals surface area contributed by atoms with Crippen LogP contribution in [0.4, 0.5) is 17.6 Å². The lowest BCUT2D eigenvalue weighted by Crippen LogP contribution is -2.30. The van der Waals surface area contributed by atoms with E-state index in [-0.39, 0.29) is 6.10 Å². The molecule has 1 heterocycles. The van der Waals surface area contributed by atoms with E-state index in [0.717, 1.165) is 65.6 Å². The Hall–Kier alpha value is -4.47. The van der Waals surface area contributed by atoms with Gasteiger partial charge in [-0.25, -0.2) is 17.6 Å². The van der Waals surface area contributed by atoms with Crippen LogP contribution in [0, 0.1) is 30.2 Å². The molecular formula is C29H24F4N2O4. The number of hydrogen-bond donors (Lipinski definition) is 2. The van der Waals surface area contributed by atoms with Crippen molar-refractivity contribution in [3.63, 3.8) is 0 Å². The molecule has 202 valence electrons. The van der Waals surface area contributed by atoms with Crippen LogP contribution in [0.25, 0.3) is 22.0 Å². The molecule has 0 bridgehead atoms. The maximum absolute atomic E-state index is 13.9. The van der Waals surface area contributed by atoms with Crippen LogP contribution >= 0.6 is 0 Å². The van der Waals surface area contributed by atoms with Gasteiger partial charge in [0.05, 0.1) is 11.6 Å². The monoisotopic (exact) mass is 540 g/mol. The summed E-state index contributed by atoms with van der Waals surface area (Å²) in [7, 11) is 0. The summed E-state index contributed by atoms with van der Waals surface area (Å²) in [6.07, 6.45) is 4.80. The minimum absolute atomic E-state index is 0.0817. The summed E-state index contributed by atoms with van der Waals surface area (Å²) in [5.74, 6) is -5.83. The summed E-state index contributed by atoms with van der Waals surface area (Å²) in [6, 6.07) is 13.0. The van der Waals surface area contributed by atoms with E-state index in [4.69, 9.17) is 9.84 Å². The van der Waals surface area contributed by atoms with Crippen molar-refractivity contribution in [1.29, 1.82) is 0 Å². The van der Waals surface area contributed by atoms with Gasteiger partial charge in [0, 0.05) is 28.8 Å². The molecule has 2 N–H and O–H groups in total. The fourth-order valence-corrected chi connectivity index (χ4v) is 4.00. The zero-order chi connectivity index (χ0) is 28.1. The molecule has 0 atom stereocenters. The maximum atomic E-state index is 13.9. The number of aryl methyl sites for hydroxylation is 1. The molecule has 0 radical (unpaired) electrons. The smallest absolute Gasteiger partial charge is 0.322 e. The van der Waals surface area contributed by atoms with Crippen LogP contribution in [0.2, 0.25) is 0 Å². The van der Waals surface area contributed by atoms with E-state index >= 15 is 0 Å². The van der Waals surface area contributed by atoms with Gasteiger partial charge < -0.3 is 15.2 Å². The zero-order valence-electron chi connectivity index (χ0n) is 20.8. The Morgan fingerprint density at radius 1 is 0.949 bits per heavy atom. The molecule has 3 aromatic carbocycles. The van der Waals surface area contributed by atoms with Gasteiger partial charge in [0.25, 0.3) is 5.91 Å². The number of nitrogens with one attached hydrogen (secondary N) is 1. The van der Waals surface area contributed by atoms with E-state index in [1.807, 2.05) is 36.5 Å². The van der Waals surface area contributed by atoms with Crippen LogP contribution in [0.5, 0.6) is 5.75 Å². The Morgan fingerprint density at radius 3 is 2.28 bits per heavy atom. The largest absolute Gasteiger partial charge is 0.490 e. The van der Waals surface area contributed by atoms with Gasteiger partial charge in [0.1, 0.15) is 29.5 Å². The van der Waals surface area contributed by atoms with Crippen molar-refractivity contribution in [2.24, 2.45) is 0 Å². The summed E-state index contributed by atoms with van der Waals surface area (Å²) in [4.78, 5) is 25.7. The van der Waals surface area contributed by atoms with Gasteiger partial charge in [-0.3, -0.25) is 14.6 Å². The average molecular weight is 541 g/mol. The standard InChI is InChI=1S/C20H17F2NO.C9H7F2NO3/c1-12-7-8-15(20-14(12)6-3-9-23-20)16-10-17(21)18(22)11-19(16)24-13-4-2-5-13;10-5-2-1-3-6(11)8(5)9(15)12-4-7(13)14/h3,6-11,13H,2,4-5H2,1H3;1-3H,4H2,(H,12,15)(H,13,14). The van der Waals surface area contributed by atoms with Gasteiger partial charge in [0.2, 0.25) is 0 Å². The number of hydrogen-bond acceptors (Lipinski definition) is 4. The highest BCUT2D eigenvalue weighted by Crippen LogP contribution is 2.38. The predicted molar refractivity (Wildman–Crippen MR) is 136 cm³/mol. The lowest BCUT2D eigenvalue weighted by molar-refractivity contribution is -0.135. The van der Waals surface area contributed by atoms with Gasteiger partial charge in [0.15, 0.2) is 11.6 Å². The summed E-state index contributed by atoms with van der Waals surface area (Å²) in [6.45, 7) is 1.32. The fraction of sp³-hybridized carbons (Fsp3) is 0.207. The fourth-order valence-electron chi connectivity index (χ4n) is 4.00. The van der Waals surface area contributed by atoms with E-state index in [1.54, 1.807) is 6.20 Å². The van der Waals surface area contributed by atoms with Gasteiger partial charge in [-0.15, -0.1) is 0 Å². The molecule has 1 aliphatic carbocycles. The molecular weight excluding hydrogens is 516 g/mol. The van der Waals surface area contributed by atoms with E-state index in [0.29, 0.717) is 11.3 Å². The SMILES string of the molecule is Cc1ccc(-c2cc(F)c(F)cc2OC2CCC2)c2ncccc12.O=C(O)CNC(=O)c1c(F)cccc1F. The number of amides is 1. The lowest BCUT2D eigenvalue weighted by atomic mass is 9.95. The highest BCUT2D eigenvalue weighted by molar-refractivity contribution is 5.97. The third-order valence-electron chi connectivity index (χ3n) is 6.24. The Balaban J connectivity index is 0.000000204. The molecule has 1 aromatic heterocycles. The number of nitrogens with zero attached hydrogens (tertiary/aromatic N) is 1. The molecule has 0 spiro atoms. The number of ether oxygens (including phenoxy) is 1. The number of halogens is 4. The van der Waals surface area contributed by atoms with E-state index in [1.165, 1.54) is 6.07 Å². The molecule has 1 aliphatic rings. The third kappa shape index (κ3) is 6.34. The minimum atomic E-state index is -1.29. The second kappa shape index (κ2) is 11.9. The number of pyridine rings is 1. The van der Waals surface area contributed by atoms with Crippen molar-refractivity contribution in [3.8, 4) is 16.9 Å². The number of carboxylic acids is 1. The highest BCUT2D eigenvalue weighted by Gasteiger charge is 2.23. The normalized spacial score (nSPS) is 12.7. The topological polar surface area (TPSA) is 88.5 Å². The average Bonchev–Trinajstić information content (AvgIpc) is 2.88. The molecule has 39 heavy (non-hydrogen) atoms. The molecule has 0 aliphatic heterocycles. The van der Waals surface area contributed by atoms with Crippen LogP contribution in [0.15, 0.2) is 60.8 Å². The predicted octanol–water partition coefficient (Wildman–Crippen LogP) is 6.20. The molecule has 10 heteroatoms. The Labute approximate surface area is 221 Å². The molecule has 0 unspecified atom stereocenters. The van der Waals surface area contributed by atoms with Crippen molar-refractivity contribution in [2.45, 2.75) is 32.3 Å². The van der Waals surface area contributed by atoms with Crippen molar-refractivity contribution in [1.82, 2.24) is 10.3 Å². The lowest BCUT2D eigenvalue weighted by Gasteiger charge is -2.27. The number of aliphatic carboxylic acids is 1. The van der Waals surface area contributed by atoms with Crippen molar-refractivity contribution >= 4 is 22.8 Å². The number of benzene rings is 3.